The minimum atomic E-state index is -0.314. The summed E-state index contributed by atoms with van der Waals surface area (Å²) in [5.74, 6) is 1.13. The molecule has 3 aliphatic heterocycles. The van der Waals surface area contributed by atoms with E-state index in [1.807, 2.05) is 7.05 Å². The fourth-order valence-corrected chi connectivity index (χ4v) is 2.83. The van der Waals surface area contributed by atoms with Crippen molar-refractivity contribution in [1.82, 2.24) is 15.5 Å². The zero-order valence-electron chi connectivity index (χ0n) is 10.8. The number of hydrogen-bond donors (Lipinski definition) is 3. The molecule has 1 unspecified atom stereocenters. The van der Waals surface area contributed by atoms with Gasteiger partial charge in [0, 0.05) is 31.1 Å². The zero-order valence-corrected chi connectivity index (χ0v) is 10.8. The van der Waals surface area contributed by atoms with E-state index in [1.165, 1.54) is 5.57 Å². The molecule has 18 heavy (non-hydrogen) atoms. The van der Waals surface area contributed by atoms with E-state index in [9.17, 15) is 0 Å². The molecule has 6 heteroatoms. The lowest BCUT2D eigenvalue weighted by molar-refractivity contribution is 0.152. The van der Waals surface area contributed by atoms with Crippen molar-refractivity contribution < 1.29 is 4.74 Å². The van der Waals surface area contributed by atoms with Gasteiger partial charge in [-0.1, -0.05) is 0 Å². The normalized spacial score (nSPS) is 32.1. The summed E-state index contributed by atoms with van der Waals surface area (Å²) < 4.78 is 5.56. The summed E-state index contributed by atoms with van der Waals surface area (Å²) in [6.45, 7) is 3.47. The van der Waals surface area contributed by atoms with Gasteiger partial charge in [-0.15, -0.1) is 0 Å². The van der Waals surface area contributed by atoms with Crippen LogP contribution in [0.3, 0.4) is 0 Å². The first-order valence-electron chi connectivity index (χ1n) is 6.60. The van der Waals surface area contributed by atoms with Crippen molar-refractivity contribution in [3.8, 4) is 0 Å². The van der Waals surface area contributed by atoms with Crippen LogP contribution in [0.5, 0.6) is 0 Å². The highest BCUT2D eigenvalue weighted by atomic mass is 16.5. The van der Waals surface area contributed by atoms with Crippen LogP contribution in [-0.4, -0.2) is 56.3 Å². The molecule has 0 spiro atoms. The lowest BCUT2D eigenvalue weighted by Crippen LogP contribution is -2.48. The van der Waals surface area contributed by atoms with Gasteiger partial charge < -0.3 is 20.3 Å². The molecule has 2 atom stereocenters. The molecule has 3 rings (SSSR count). The summed E-state index contributed by atoms with van der Waals surface area (Å²) >= 11 is 0. The van der Waals surface area contributed by atoms with Crippen molar-refractivity contribution in [3.05, 3.63) is 11.4 Å². The van der Waals surface area contributed by atoms with Crippen LogP contribution in [0.25, 0.3) is 0 Å². The van der Waals surface area contributed by atoms with Gasteiger partial charge in [-0.2, -0.15) is 0 Å². The zero-order chi connectivity index (χ0) is 12.5. The van der Waals surface area contributed by atoms with Crippen LogP contribution >= 0.6 is 0 Å². The molecular formula is C12H21N5O. The van der Waals surface area contributed by atoms with Crippen LogP contribution in [0.2, 0.25) is 0 Å². The minimum absolute atomic E-state index is 0.314. The Morgan fingerprint density at radius 3 is 3.22 bits per heavy atom. The van der Waals surface area contributed by atoms with Gasteiger partial charge in [-0.25, -0.2) is 4.99 Å². The molecule has 0 aromatic heterocycles. The Morgan fingerprint density at radius 1 is 1.56 bits per heavy atom. The van der Waals surface area contributed by atoms with Crippen molar-refractivity contribution >= 4 is 5.71 Å². The molecule has 3 aliphatic rings. The van der Waals surface area contributed by atoms with Gasteiger partial charge in [-0.3, -0.25) is 5.73 Å². The van der Waals surface area contributed by atoms with Crippen LogP contribution in [0.1, 0.15) is 12.8 Å². The second kappa shape index (κ2) is 4.87. The summed E-state index contributed by atoms with van der Waals surface area (Å²) in [7, 11) is 2.02. The maximum Gasteiger partial charge on any atom is 0.172 e. The first-order valence-corrected chi connectivity index (χ1v) is 6.60. The van der Waals surface area contributed by atoms with Gasteiger partial charge in [0.1, 0.15) is 5.82 Å². The van der Waals surface area contributed by atoms with E-state index in [-0.39, 0.29) is 6.29 Å². The molecule has 0 aliphatic carbocycles. The molecule has 4 N–H and O–H groups in total. The maximum atomic E-state index is 5.95. The van der Waals surface area contributed by atoms with Crippen molar-refractivity contribution in [1.29, 1.82) is 0 Å². The summed E-state index contributed by atoms with van der Waals surface area (Å²) in [6.07, 6.45) is 1.72. The van der Waals surface area contributed by atoms with Gasteiger partial charge in [0.25, 0.3) is 0 Å². The number of hydrogen-bond acceptors (Lipinski definition) is 6. The van der Waals surface area contributed by atoms with E-state index >= 15 is 0 Å². The Bertz CT molecular complexity index is 392. The number of likely N-dealkylation sites (tertiary alicyclic amines) is 1. The molecule has 0 radical (unpaired) electrons. The Hall–Kier alpha value is -1.11. The quantitative estimate of drug-likeness (QED) is 0.599. The lowest BCUT2D eigenvalue weighted by Gasteiger charge is -2.34. The molecule has 2 saturated heterocycles. The molecule has 0 aromatic carbocycles. The topological polar surface area (TPSA) is 74.9 Å². The van der Waals surface area contributed by atoms with Crippen LogP contribution in [-0.2, 0) is 4.74 Å². The highest BCUT2D eigenvalue weighted by molar-refractivity contribution is 6.02. The van der Waals surface area contributed by atoms with Gasteiger partial charge >= 0.3 is 0 Å². The van der Waals surface area contributed by atoms with Crippen molar-refractivity contribution in [3.63, 3.8) is 0 Å². The molecule has 6 nitrogen and oxygen atoms in total. The van der Waals surface area contributed by atoms with E-state index in [0.717, 1.165) is 44.1 Å². The summed E-state index contributed by atoms with van der Waals surface area (Å²) in [5.41, 5.74) is 8.27. The third-order valence-electron chi connectivity index (χ3n) is 3.86. The molecule has 0 saturated carbocycles. The minimum Gasteiger partial charge on any atom is -0.376 e. The largest absolute Gasteiger partial charge is 0.376 e. The Balaban J connectivity index is 1.84. The van der Waals surface area contributed by atoms with Crippen molar-refractivity contribution in [2.24, 2.45) is 10.7 Å². The summed E-state index contributed by atoms with van der Waals surface area (Å²) in [4.78, 5) is 6.83. The second-order valence-electron chi connectivity index (χ2n) is 5.02. The molecule has 0 aromatic rings. The van der Waals surface area contributed by atoms with Crippen LogP contribution < -0.4 is 16.4 Å². The standard InChI is InChI=1S/C12H21N5O/c1-14-8-2-4-17(6-8)11-9-7-18-5-3-10(9)15-12(13)16-11/h8,12,14,16H,2-7,13H2,1H3/t8-,12?/m1/s1. The van der Waals surface area contributed by atoms with Crippen molar-refractivity contribution in [2.45, 2.75) is 25.2 Å². The average molecular weight is 251 g/mol. The summed E-state index contributed by atoms with van der Waals surface area (Å²) in [6, 6.07) is 0.558. The highest BCUT2D eigenvalue weighted by Gasteiger charge is 2.30. The van der Waals surface area contributed by atoms with Crippen LogP contribution in [0.15, 0.2) is 16.4 Å². The highest BCUT2D eigenvalue weighted by Crippen LogP contribution is 2.23. The van der Waals surface area contributed by atoms with Gasteiger partial charge in [-0.05, 0) is 13.5 Å². The van der Waals surface area contributed by atoms with Gasteiger partial charge in [0.2, 0.25) is 0 Å². The predicted octanol–water partition coefficient (Wildman–Crippen LogP) is -0.801. The fraction of sp³-hybridized carbons (Fsp3) is 0.750. The number of fused-ring (bicyclic) bond motifs is 1. The molecular weight excluding hydrogens is 230 g/mol. The molecule has 100 valence electrons. The van der Waals surface area contributed by atoms with E-state index in [4.69, 9.17) is 10.5 Å². The van der Waals surface area contributed by atoms with E-state index in [1.54, 1.807) is 0 Å². The first kappa shape index (κ1) is 12.0. The van der Waals surface area contributed by atoms with E-state index in [0.29, 0.717) is 12.6 Å². The number of nitrogens with zero attached hydrogens (tertiary/aromatic N) is 2. The smallest absolute Gasteiger partial charge is 0.172 e. The molecule has 0 amide bonds. The average Bonchev–Trinajstić information content (AvgIpc) is 2.86. The summed E-state index contributed by atoms with van der Waals surface area (Å²) in [5, 5.41) is 6.62. The van der Waals surface area contributed by atoms with E-state index < -0.39 is 0 Å². The third kappa shape index (κ3) is 2.11. The molecule has 2 fully saturated rings. The number of nitrogens with two attached hydrogens (primary N) is 1. The Labute approximate surface area is 107 Å². The maximum absolute atomic E-state index is 5.95. The number of ether oxygens (including phenoxy) is 1. The third-order valence-corrected chi connectivity index (χ3v) is 3.86. The predicted molar refractivity (Wildman–Crippen MR) is 70.0 cm³/mol. The Kier molecular flexibility index (Phi) is 3.23. The van der Waals surface area contributed by atoms with Crippen LogP contribution in [0, 0.1) is 0 Å². The number of aliphatic imine (C=N–C) groups is 1. The number of likely N-dealkylation sites (N-methyl/N-ethyl adjacent to an activating group) is 1. The fourth-order valence-electron chi connectivity index (χ4n) is 2.83. The van der Waals surface area contributed by atoms with Gasteiger partial charge in [0.05, 0.1) is 18.9 Å². The Morgan fingerprint density at radius 2 is 2.44 bits per heavy atom. The SMILES string of the molecule is CN[C@@H]1CCN(C2=C3COCCC3=NC(N)N2)C1. The van der Waals surface area contributed by atoms with Crippen LogP contribution in [0.4, 0.5) is 0 Å². The van der Waals surface area contributed by atoms with Gasteiger partial charge in [0.15, 0.2) is 6.29 Å². The lowest BCUT2D eigenvalue weighted by atomic mass is 10.0. The number of nitrogens with one attached hydrogen (secondary N) is 2. The molecule has 3 heterocycles. The first-order chi connectivity index (χ1) is 8.78. The molecule has 0 bridgehead atoms. The number of rotatable bonds is 2. The monoisotopic (exact) mass is 251 g/mol. The second-order valence-corrected chi connectivity index (χ2v) is 5.02. The van der Waals surface area contributed by atoms with Crippen molar-refractivity contribution in [2.75, 3.05) is 33.4 Å². The van der Waals surface area contributed by atoms with E-state index in [2.05, 4.69) is 20.5 Å².